The lowest BCUT2D eigenvalue weighted by Crippen LogP contribution is -2.44. The molecule has 0 aromatic heterocycles. The highest BCUT2D eigenvalue weighted by Crippen LogP contribution is 2.22. The summed E-state index contributed by atoms with van der Waals surface area (Å²) >= 11 is 3.38. The molecule has 1 fully saturated rings. The van der Waals surface area contributed by atoms with Crippen molar-refractivity contribution in [3.8, 4) is 0 Å². The van der Waals surface area contributed by atoms with Gasteiger partial charge in [-0.05, 0) is 43.4 Å². The molecule has 0 saturated carbocycles. The van der Waals surface area contributed by atoms with Crippen LogP contribution in [0.4, 0.5) is 0 Å². The molecule has 1 heterocycles. The van der Waals surface area contributed by atoms with Crippen LogP contribution in [0, 0.1) is 0 Å². The van der Waals surface area contributed by atoms with Gasteiger partial charge < -0.3 is 10.0 Å². The summed E-state index contributed by atoms with van der Waals surface area (Å²) in [5, 5.41) is 8.82. The number of amides is 1. The van der Waals surface area contributed by atoms with Crippen LogP contribution in [-0.2, 0) is 16.0 Å². The van der Waals surface area contributed by atoms with E-state index in [1.807, 2.05) is 29.2 Å². The first-order valence-electron chi connectivity index (χ1n) is 7.32. The third-order valence-electron chi connectivity index (χ3n) is 3.91. The lowest BCUT2D eigenvalue weighted by molar-refractivity contribution is -0.139. The van der Waals surface area contributed by atoms with Gasteiger partial charge in [0.25, 0.3) is 0 Å². The van der Waals surface area contributed by atoms with E-state index < -0.39 is 5.97 Å². The Labute approximate surface area is 133 Å². The maximum absolute atomic E-state index is 12.5. The van der Waals surface area contributed by atoms with Crippen LogP contribution in [0.2, 0.25) is 0 Å². The molecule has 21 heavy (non-hydrogen) atoms. The first-order chi connectivity index (χ1) is 10.1. The molecule has 1 amide bonds. The molecule has 1 N–H and O–H groups in total. The van der Waals surface area contributed by atoms with Crippen molar-refractivity contribution in [3.63, 3.8) is 0 Å². The molecule has 1 aliphatic rings. The number of carboxylic acid groups (broad SMARTS) is 1. The summed E-state index contributed by atoms with van der Waals surface area (Å²) in [7, 11) is 0. The van der Waals surface area contributed by atoms with E-state index in [4.69, 9.17) is 5.11 Å². The third-order valence-corrected chi connectivity index (χ3v) is 4.44. The molecular weight excluding hydrogens is 334 g/mol. The molecule has 5 heteroatoms. The van der Waals surface area contributed by atoms with Crippen LogP contribution in [0.1, 0.15) is 37.7 Å². The number of hydrogen-bond donors (Lipinski definition) is 1. The highest BCUT2D eigenvalue weighted by molar-refractivity contribution is 9.10. The topological polar surface area (TPSA) is 57.6 Å². The quantitative estimate of drug-likeness (QED) is 0.883. The number of carboxylic acids is 1. The SMILES string of the molecule is O=C(O)CCC1CCCCN1C(=O)Cc1ccc(Br)cc1. The normalized spacial score (nSPS) is 18.5. The molecule has 114 valence electrons. The molecule has 1 saturated heterocycles. The fourth-order valence-corrected chi connectivity index (χ4v) is 3.06. The maximum Gasteiger partial charge on any atom is 0.303 e. The Morgan fingerprint density at radius 2 is 1.95 bits per heavy atom. The van der Waals surface area contributed by atoms with Crippen LogP contribution in [0.3, 0.4) is 0 Å². The van der Waals surface area contributed by atoms with E-state index in [-0.39, 0.29) is 18.4 Å². The van der Waals surface area contributed by atoms with Gasteiger partial charge in [0.2, 0.25) is 5.91 Å². The van der Waals surface area contributed by atoms with Gasteiger partial charge in [0, 0.05) is 23.5 Å². The Morgan fingerprint density at radius 1 is 1.24 bits per heavy atom. The Morgan fingerprint density at radius 3 is 2.62 bits per heavy atom. The van der Waals surface area contributed by atoms with Crippen molar-refractivity contribution >= 4 is 27.8 Å². The minimum absolute atomic E-state index is 0.0813. The van der Waals surface area contributed by atoms with E-state index in [0.717, 1.165) is 35.8 Å². The molecule has 1 unspecified atom stereocenters. The second-order valence-electron chi connectivity index (χ2n) is 5.47. The lowest BCUT2D eigenvalue weighted by Gasteiger charge is -2.35. The Hall–Kier alpha value is -1.36. The molecule has 1 aromatic carbocycles. The number of hydrogen-bond acceptors (Lipinski definition) is 2. The van der Waals surface area contributed by atoms with E-state index in [9.17, 15) is 9.59 Å². The number of benzene rings is 1. The largest absolute Gasteiger partial charge is 0.481 e. The van der Waals surface area contributed by atoms with E-state index in [2.05, 4.69) is 15.9 Å². The fourth-order valence-electron chi connectivity index (χ4n) is 2.80. The van der Waals surface area contributed by atoms with Crippen LogP contribution >= 0.6 is 15.9 Å². The summed E-state index contributed by atoms with van der Waals surface area (Å²) in [4.78, 5) is 25.1. The minimum Gasteiger partial charge on any atom is -0.481 e. The number of likely N-dealkylation sites (tertiary alicyclic amines) is 1. The summed E-state index contributed by atoms with van der Waals surface area (Å²) in [5.74, 6) is -0.687. The average molecular weight is 354 g/mol. The second-order valence-corrected chi connectivity index (χ2v) is 6.39. The first kappa shape index (κ1) is 16.0. The molecule has 0 spiro atoms. The molecule has 0 radical (unpaired) electrons. The Bertz CT molecular complexity index is 501. The molecule has 2 rings (SSSR count). The van der Waals surface area contributed by atoms with Gasteiger partial charge in [-0.25, -0.2) is 0 Å². The lowest BCUT2D eigenvalue weighted by atomic mass is 9.97. The summed E-state index contributed by atoms with van der Waals surface area (Å²) in [6.45, 7) is 0.750. The zero-order chi connectivity index (χ0) is 15.2. The summed E-state index contributed by atoms with van der Waals surface area (Å²) in [5.41, 5.74) is 0.991. The highest BCUT2D eigenvalue weighted by atomic mass is 79.9. The summed E-state index contributed by atoms with van der Waals surface area (Å²) in [6.07, 6.45) is 4.08. The van der Waals surface area contributed by atoms with Crippen molar-refractivity contribution in [2.45, 2.75) is 44.6 Å². The number of halogens is 1. The number of carbonyl (C=O) groups excluding carboxylic acids is 1. The highest BCUT2D eigenvalue weighted by Gasteiger charge is 2.26. The van der Waals surface area contributed by atoms with Gasteiger partial charge in [-0.3, -0.25) is 9.59 Å². The monoisotopic (exact) mass is 353 g/mol. The number of rotatable bonds is 5. The summed E-state index contributed by atoms with van der Waals surface area (Å²) < 4.78 is 0.996. The van der Waals surface area contributed by atoms with Gasteiger partial charge >= 0.3 is 5.97 Å². The number of aliphatic carboxylic acids is 1. The molecular formula is C16H20BrNO3. The number of nitrogens with zero attached hydrogens (tertiary/aromatic N) is 1. The van der Waals surface area contributed by atoms with Gasteiger partial charge in [-0.15, -0.1) is 0 Å². The van der Waals surface area contributed by atoms with E-state index >= 15 is 0 Å². The van der Waals surface area contributed by atoms with Crippen LogP contribution in [0.15, 0.2) is 28.7 Å². The molecule has 1 atom stereocenters. The van der Waals surface area contributed by atoms with Crippen LogP contribution in [0.25, 0.3) is 0 Å². The predicted molar refractivity (Wildman–Crippen MR) is 84.1 cm³/mol. The average Bonchev–Trinajstić information content (AvgIpc) is 2.47. The molecule has 1 aromatic rings. The van der Waals surface area contributed by atoms with E-state index in [1.165, 1.54) is 0 Å². The predicted octanol–water partition coefficient (Wildman–Crippen LogP) is 3.24. The van der Waals surface area contributed by atoms with Crippen molar-refractivity contribution in [2.75, 3.05) is 6.54 Å². The Balaban J connectivity index is 1.97. The zero-order valence-electron chi connectivity index (χ0n) is 11.9. The van der Waals surface area contributed by atoms with Gasteiger partial charge in [0.15, 0.2) is 0 Å². The van der Waals surface area contributed by atoms with Gasteiger partial charge in [0.1, 0.15) is 0 Å². The third kappa shape index (κ3) is 4.84. The first-order valence-corrected chi connectivity index (χ1v) is 8.11. The molecule has 0 bridgehead atoms. The van der Waals surface area contributed by atoms with Crippen LogP contribution < -0.4 is 0 Å². The molecule has 1 aliphatic heterocycles. The van der Waals surface area contributed by atoms with Gasteiger partial charge in [-0.1, -0.05) is 28.1 Å². The summed E-state index contributed by atoms with van der Waals surface area (Å²) in [6, 6.07) is 7.83. The van der Waals surface area contributed by atoms with Gasteiger partial charge in [0.05, 0.1) is 6.42 Å². The van der Waals surface area contributed by atoms with Crippen molar-refractivity contribution in [3.05, 3.63) is 34.3 Å². The minimum atomic E-state index is -0.791. The maximum atomic E-state index is 12.5. The van der Waals surface area contributed by atoms with Crippen molar-refractivity contribution < 1.29 is 14.7 Å². The molecule has 0 aliphatic carbocycles. The van der Waals surface area contributed by atoms with Crippen molar-refractivity contribution in [1.82, 2.24) is 4.90 Å². The fraction of sp³-hybridized carbons (Fsp3) is 0.500. The van der Waals surface area contributed by atoms with Gasteiger partial charge in [-0.2, -0.15) is 0 Å². The smallest absolute Gasteiger partial charge is 0.303 e. The number of piperidine rings is 1. The molecule has 4 nitrogen and oxygen atoms in total. The second kappa shape index (κ2) is 7.59. The van der Waals surface area contributed by atoms with E-state index in [1.54, 1.807) is 0 Å². The standard InChI is InChI=1S/C16H20BrNO3/c17-13-6-4-12(5-7-13)11-15(19)18-10-2-1-3-14(18)8-9-16(20)21/h4-7,14H,1-3,8-11H2,(H,20,21). The zero-order valence-corrected chi connectivity index (χ0v) is 13.5. The van der Waals surface area contributed by atoms with Crippen molar-refractivity contribution in [1.29, 1.82) is 0 Å². The Kier molecular flexibility index (Phi) is 5.79. The number of carbonyl (C=O) groups is 2. The van der Waals surface area contributed by atoms with Crippen LogP contribution in [0.5, 0.6) is 0 Å². The van der Waals surface area contributed by atoms with Crippen molar-refractivity contribution in [2.24, 2.45) is 0 Å². The van der Waals surface area contributed by atoms with Crippen LogP contribution in [-0.4, -0.2) is 34.5 Å². The van der Waals surface area contributed by atoms with E-state index in [0.29, 0.717) is 12.8 Å².